The molecular weight excluding hydrogens is 324 g/mol. The molecule has 3 aromatic rings. The quantitative estimate of drug-likeness (QED) is 0.696. The molecular formula is C23H20O3. The van der Waals surface area contributed by atoms with E-state index in [-0.39, 0.29) is 17.6 Å². The largest absolute Gasteiger partial charge is 0.493 e. The van der Waals surface area contributed by atoms with Gasteiger partial charge < -0.3 is 9.47 Å². The van der Waals surface area contributed by atoms with Gasteiger partial charge in [0.15, 0.2) is 17.3 Å². The Kier molecular flexibility index (Phi) is 4.21. The van der Waals surface area contributed by atoms with E-state index in [1.165, 1.54) is 0 Å². The number of Topliss-reactive ketones (excluding diaryl/α,β-unsaturated/α-hetero) is 1. The first-order chi connectivity index (χ1) is 12.7. The topological polar surface area (TPSA) is 35.5 Å². The maximum absolute atomic E-state index is 13.5. The fraction of sp³-hybridized carbons (Fsp3) is 0.174. The van der Waals surface area contributed by atoms with Crippen LogP contribution in [0.2, 0.25) is 0 Å². The fourth-order valence-corrected chi connectivity index (χ4v) is 3.86. The third-order valence-corrected chi connectivity index (χ3v) is 5.05. The second-order valence-electron chi connectivity index (χ2n) is 6.43. The van der Waals surface area contributed by atoms with Crippen LogP contribution in [0.3, 0.4) is 0 Å². The SMILES string of the molecule is COc1cc2c(cc1OC)C(c1ccccc1)C(=O)C2c1ccccc1. The van der Waals surface area contributed by atoms with Crippen LogP contribution in [0.15, 0.2) is 72.8 Å². The minimum Gasteiger partial charge on any atom is -0.493 e. The van der Waals surface area contributed by atoms with Crippen molar-refractivity contribution in [2.24, 2.45) is 0 Å². The molecule has 130 valence electrons. The summed E-state index contributed by atoms with van der Waals surface area (Å²) < 4.78 is 11.0. The molecule has 26 heavy (non-hydrogen) atoms. The molecule has 0 aromatic heterocycles. The summed E-state index contributed by atoms with van der Waals surface area (Å²) >= 11 is 0. The van der Waals surface area contributed by atoms with Gasteiger partial charge in [-0.3, -0.25) is 4.79 Å². The molecule has 0 amide bonds. The molecule has 0 N–H and O–H groups in total. The second kappa shape index (κ2) is 6.68. The summed E-state index contributed by atoms with van der Waals surface area (Å²) in [5, 5.41) is 0. The first-order valence-corrected chi connectivity index (χ1v) is 8.64. The Bertz CT molecular complexity index is 856. The number of hydrogen-bond donors (Lipinski definition) is 0. The normalized spacial score (nSPS) is 18.5. The number of carbonyl (C=O) groups is 1. The summed E-state index contributed by atoms with van der Waals surface area (Å²) in [7, 11) is 3.24. The predicted octanol–water partition coefficient (Wildman–Crippen LogP) is 4.55. The summed E-state index contributed by atoms with van der Waals surface area (Å²) in [6.45, 7) is 0. The van der Waals surface area contributed by atoms with Gasteiger partial charge in [0.1, 0.15) is 0 Å². The van der Waals surface area contributed by atoms with E-state index in [0.717, 1.165) is 22.3 Å². The molecule has 0 bridgehead atoms. The minimum atomic E-state index is -0.295. The van der Waals surface area contributed by atoms with Crippen molar-refractivity contribution in [1.82, 2.24) is 0 Å². The Labute approximate surface area is 153 Å². The Hall–Kier alpha value is -3.07. The fourth-order valence-electron chi connectivity index (χ4n) is 3.86. The third kappa shape index (κ3) is 2.57. The molecule has 2 atom stereocenters. The monoisotopic (exact) mass is 344 g/mol. The van der Waals surface area contributed by atoms with Crippen LogP contribution in [-0.2, 0) is 4.79 Å². The van der Waals surface area contributed by atoms with Gasteiger partial charge in [-0.2, -0.15) is 0 Å². The third-order valence-electron chi connectivity index (χ3n) is 5.05. The summed E-state index contributed by atoms with van der Waals surface area (Å²) in [6, 6.07) is 23.8. The van der Waals surface area contributed by atoms with E-state index in [2.05, 4.69) is 0 Å². The van der Waals surface area contributed by atoms with E-state index in [4.69, 9.17) is 9.47 Å². The highest BCUT2D eigenvalue weighted by Crippen LogP contribution is 2.49. The highest BCUT2D eigenvalue weighted by molar-refractivity contribution is 6.02. The smallest absolute Gasteiger partial charge is 0.161 e. The second-order valence-corrected chi connectivity index (χ2v) is 6.43. The van der Waals surface area contributed by atoms with E-state index in [1.54, 1.807) is 14.2 Å². The van der Waals surface area contributed by atoms with Gasteiger partial charge in [-0.05, 0) is 34.4 Å². The average molecular weight is 344 g/mol. The molecule has 0 aliphatic heterocycles. The lowest BCUT2D eigenvalue weighted by atomic mass is 9.89. The molecule has 1 aliphatic rings. The highest BCUT2D eigenvalue weighted by Gasteiger charge is 2.41. The van der Waals surface area contributed by atoms with Crippen LogP contribution in [0, 0.1) is 0 Å². The van der Waals surface area contributed by atoms with Crippen molar-refractivity contribution in [2.45, 2.75) is 11.8 Å². The summed E-state index contributed by atoms with van der Waals surface area (Å²) in [4.78, 5) is 13.5. The van der Waals surface area contributed by atoms with Gasteiger partial charge >= 0.3 is 0 Å². The number of fused-ring (bicyclic) bond motifs is 1. The van der Waals surface area contributed by atoms with E-state index in [1.807, 2.05) is 72.8 Å². The molecule has 3 nitrogen and oxygen atoms in total. The summed E-state index contributed by atoms with van der Waals surface area (Å²) in [5.74, 6) is 0.891. The zero-order valence-corrected chi connectivity index (χ0v) is 14.8. The van der Waals surface area contributed by atoms with Crippen molar-refractivity contribution < 1.29 is 14.3 Å². The number of carbonyl (C=O) groups excluding carboxylic acids is 1. The number of rotatable bonds is 4. The number of hydrogen-bond acceptors (Lipinski definition) is 3. The van der Waals surface area contributed by atoms with E-state index in [0.29, 0.717) is 11.5 Å². The van der Waals surface area contributed by atoms with Crippen LogP contribution in [0.4, 0.5) is 0 Å². The lowest BCUT2D eigenvalue weighted by molar-refractivity contribution is -0.119. The van der Waals surface area contributed by atoms with Crippen molar-refractivity contribution in [1.29, 1.82) is 0 Å². The van der Waals surface area contributed by atoms with Gasteiger partial charge in [0.2, 0.25) is 0 Å². The van der Waals surface area contributed by atoms with Gasteiger partial charge in [-0.1, -0.05) is 60.7 Å². The van der Waals surface area contributed by atoms with Gasteiger partial charge in [-0.15, -0.1) is 0 Å². The van der Waals surface area contributed by atoms with E-state index < -0.39 is 0 Å². The molecule has 0 saturated carbocycles. The minimum absolute atomic E-state index is 0.188. The number of ketones is 1. The highest BCUT2D eigenvalue weighted by atomic mass is 16.5. The summed E-state index contributed by atoms with van der Waals surface area (Å²) in [5.41, 5.74) is 3.99. The predicted molar refractivity (Wildman–Crippen MR) is 101 cm³/mol. The van der Waals surface area contributed by atoms with Crippen molar-refractivity contribution in [3.05, 3.63) is 95.1 Å². The Morgan fingerprint density at radius 3 is 1.38 bits per heavy atom. The van der Waals surface area contributed by atoms with Crippen LogP contribution < -0.4 is 9.47 Å². The van der Waals surface area contributed by atoms with Crippen molar-refractivity contribution >= 4 is 5.78 Å². The van der Waals surface area contributed by atoms with Gasteiger partial charge in [0.25, 0.3) is 0 Å². The van der Waals surface area contributed by atoms with Crippen molar-refractivity contribution in [3.8, 4) is 11.5 Å². The zero-order chi connectivity index (χ0) is 18.1. The lowest BCUT2D eigenvalue weighted by Gasteiger charge is -2.14. The zero-order valence-electron chi connectivity index (χ0n) is 14.8. The maximum atomic E-state index is 13.5. The lowest BCUT2D eigenvalue weighted by Crippen LogP contribution is -2.13. The van der Waals surface area contributed by atoms with Crippen LogP contribution in [0.5, 0.6) is 11.5 Å². The Morgan fingerprint density at radius 1 is 0.654 bits per heavy atom. The van der Waals surface area contributed by atoms with Gasteiger partial charge in [-0.25, -0.2) is 0 Å². The molecule has 4 rings (SSSR count). The number of benzene rings is 3. The standard InChI is InChI=1S/C23H20O3/c1-25-19-13-17-18(14-20(19)26-2)22(16-11-7-4-8-12-16)23(24)21(17)15-9-5-3-6-10-15/h3-14,21-22H,1-2H3. The van der Waals surface area contributed by atoms with Gasteiger partial charge in [0.05, 0.1) is 26.1 Å². The molecule has 0 fully saturated rings. The van der Waals surface area contributed by atoms with Crippen LogP contribution >= 0.6 is 0 Å². The van der Waals surface area contributed by atoms with E-state index in [9.17, 15) is 4.79 Å². The Morgan fingerprint density at radius 2 is 1.04 bits per heavy atom. The van der Waals surface area contributed by atoms with Gasteiger partial charge in [0, 0.05) is 0 Å². The van der Waals surface area contributed by atoms with E-state index >= 15 is 0 Å². The molecule has 0 radical (unpaired) electrons. The van der Waals surface area contributed by atoms with Crippen LogP contribution in [0.25, 0.3) is 0 Å². The van der Waals surface area contributed by atoms with Crippen molar-refractivity contribution in [3.63, 3.8) is 0 Å². The first-order valence-electron chi connectivity index (χ1n) is 8.64. The number of methoxy groups -OCH3 is 2. The maximum Gasteiger partial charge on any atom is 0.161 e. The Balaban J connectivity index is 1.94. The molecule has 0 spiro atoms. The molecule has 3 aromatic carbocycles. The summed E-state index contributed by atoms with van der Waals surface area (Å²) in [6.07, 6.45) is 0. The number of ether oxygens (including phenoxy) is 2. The molecule has 3 heteroatoms. The molecule has 0 saturated heterocycles. The average Bonchev–Trinajstić information content (AvgIpc) is 2.98. The van der Waals surface area contributed by atoms with Crippen LogP contribution in [0.1, 0.15) is 34.1 Å². The van der Waals surface area contributed by atoms with Crippen LogP contribution in [-0.4, -0.2) is 20.0 Å². The molecule has 0 heterocycles. The molecule has 1 aliphatic carbocycles. The first kappa shape index (κ1) is 16.4. The molecule has 2 unspecified atom stereocenters. The van der Waals surface area contributed by atoms with Crippen molar-refractivity contribution in [2.75, 3.05) is 14.2 Å².